The third-order valence-electron chi connectivity index (χ3n) is 3.57. The number of benzene rings is 2. The van der Waals surface area contributed by atoms with Crippen LogP contribution in [0.15, 0.2) is 59.1 Å². The second-order valence-corrected chi connectivity index (χ2v) is 5.46. The molecule has 1 atom stereocenters. The molecule has 3 aromatic rings. The molecule has 2 amide bonds. The highest BCUT2D eigenvalue weighted by atomic mass is 19.1. The van der Waals surface area contributed by atoms with Crippen molar-refractivity contribution < 1.29 is 13.7 Å². The minimum Gasteiger partial charge on any atom is -0.340 e. The van der Waals surface area contributed by atoms with Crippen molar-refractivity contribution in [2.75, 3.05) is 0 Å². The molecule has 0 spiro atoms. The van der Waals surface area contributed by atoms with Gasteiger partial charge in [0.1, 0.15) is 5.82 Å². The van der Waals surface area contributed by atoms with Gasteiger partial charge in [-0.15, -0.1) is 0 Å². The summed E-state index contributed by atoms with van der Waals surface area (Å²) in [6, 6.07) is 14.6. The number of halogens is 1. The molecule has 0 aliphatic heterocycles. The van der Waals surface area contributed by atoms with E-state index in [0.717, 1.165) is 5.56 Å². The number of nitrogens with one attached hydrogen (secondary N) is 2. The number of amides is 2. The van der Waals surface area contributed by atoms with Gasteiger partial charge in [0.2, 0.25) is 5.89 Å². The number of aryl methyl sites for hydroxylation is 1. The second kappa shape index (κ2) is 7.57. The SMILES string of the molecule is Cc1nc(CNC(=O)N[C@@H](c2ccccc2)c2cccc(F)c2)no1. The van der Waals surface area contributed by atoms with Gasteiger partial charge in [0, 0.05) is 6.92 Å². The fourth-order valence-corrected chi connectivity index (χ4v) is 2.45. The smallest absolute Gasteiger partial charge is 0.315 e. The summed E-state index contributed by atoms with van der Waals surface area (Å²) >= 11 is 0. The molecule has 0 fully saturated rings. The number of hydrogen-bond donors (Lipinski definition) is 2. The average molecular weight is 340 g/mol. The molecule has 1 heterocycles. The van der Waals surface area contributed by atoms with Crippen LogP contribution in [0.2, 0.25) is 0 Å². The van der Waals surface area contributed by atoms with Crippen LogP contribution in [0.1, 0.15) is 28.9 Å². The molecule has 0 saturated heterocycles. The Hall–Kier alpha value is -3.22. The Morgan fingerprint density at radius 1 is 1.16 bits per heavy atom. The molecule has 6 nitrogen and oxygen atoms in total. The summed E-state index contributed by atoms with van der Waals surface area (Å²) in [6.45, 7) is 1.81. The Morgan fingerprint density at radius 3 is 2.60 bits per heavy atom. The molecule has 25 heavy (non-hydrogen) atoms. The summed E-state index contributed by atoms with van der Waals surface area (Å²) < 4.78 is 18.5. The largest absolute Gasteiger partial charge is 0.340 e. The molecule has 7 heteroatoms. The quantitative estimate of drug-likeness (QED) is 0.748. The summed E-state index contributed by atoms with van der Waals surface area (Å²) in [5.74, 6) is 0.455. The van der Waals surface area contributed by atoms with Crippen LogP contribution in [0.4, 0.5) is 9.18 Å². The lowest BCUT2D eigenvalue weighted by Gasteiger charge is -2.20. The highest BCUT2D eigenvalue weighted by Crippen LogP contribution is 2.22. The first-order valence-electron chi connectivity index (χ1n) is 7.76. The fraction of sp³-hybridized carbons (Fsp3) is 0.167. The van der Waals surface area contributed by atoms with Gasteiger partial charge in [0.15, 0.2) is 5.82 Å². The molecule has 2 aromatic carbocycles. The van der Waals surface area contributed by atoms with Crippen LogP contribution in [0, 0.1) is 12.7 Å². The average Bonchev–Trinajstić information content (AvgIpc) is 3.04. The Balaban J connectivity index is 1.74. The van der Waals surface area contributed by atoms with Gasteiger partial charge in [-0.05, 0) is 23.3 Å². The normalized spacial score (nSPS) is 11.8. The van der Waals surface area contributed by atoms with Crippen LogP contribution in [0.25, 0.3) is 0 Å². The molecular weight excluding hydrogens is 323 g/mol. The lowest BCUT2D eigenvalue weighted by Crippen LogP contribution is -2.38. The zero-order valence-electron chi connectivity index (χ0n) is 13.6. The third kappa shape index (κ3) is 4.41. The van der Waals surface area contributed by atoms with E-state index in [2.05, 4.69) is 20.8 Å². The molecule has 2 N–H and O–H groups in total. The van der Waals surface area contributed by atoms with Gasteiger partial charge in [-0.1, -0.05) is 47.6 Å². The molecular formula is C18H17FN4O2. The van der Waals surface area contributed by atoms with E-state index in [1.807, 2.05) is 30.3 Å². The fourth-order valence-electron chi connectivity index (χ4n) is 2.45. The standard InChI is InChI=1S/C18H17FN4O2/c1-12-21-16(23-25-12)11-20-18(24)22-17(13-6-3-2-4-7-13)14-8-5-9-15(19)10-14/h2-10,17H,11H2,1H3,(H2,20,22,24)/t17-/m0/s1. The minimum atomic E-state index is -0.482. The van der Waals surface area contributed by atoms with E-state index in [1.54, 1.807) is 19.1 Å². The number of hydrogen-bond acceptors (Lipinski definition) is 4. The van der Waals surface area contributed by atoms with Crippen molar-refractivity contribution in [2.45, 2.75) is 19.5 Å². The lowest BCUT2D eigenvalue weighted by molar-refractivity contribution is 0.238. The molecule has 0 saturated carbocycles. The molecule has 0 aliphatic rings. The maximum atomic E-state index is 13.6. The van der Waals surface area contributed by atoms with E-state index in [9.17, 15) is 9.18 Å². The first kappa shape index (κ1) is 16.6. The summed E-state index contributed by atoms with van der Waals surface area (Å²) in [4.78, 5) is 16.3. The molecule has 0 bridgehead atoms. The van der Waals surface area contributed by atoms with Crippen molar-refractivity contribution in [3.05, 3.63) is 83.3 Å². The zero-order chi connectivity index (χ0) is 17.6. The molecule has 128 valence electrons. The van der Waals surface area contributed by atoms with E-state index in [0.29, 0.717) is 17.3 Å². The van der Waals surface area contributed by atoms with Gasteiger partial charge in [0.05, 0.1) is 12.6 Å². The Bertz CT molecular complexity index is 851. The maximum Gasteiger partial charge on any atom is 0.315 e. The Morgan fingerprint density at radius 2 is 1.92 bits per heavy atom. The van der Waals surface area contributed by atoms with Crippen LogP contribution < -0.4 is 10.6 Å². The zero-order valence-corrected chi connectivity index (χ0v) is 13.6. The third-order valence-corrected chi connectivity index (χ3v) is 3.57. The van der Waals surface area contributed by atoms with E-state index < -0.39 is 12.1 Å². The van der Waals surface area contributed by atoms with Crippen molar-refractivity contribution in [1.82, 2.24) is 20.8 Å². The first-order chi connectivity index (χ1) is 12.1. The van der Waals surface area contributed by atoms with Crippen molar-refractivity contribution in [3.63, 3.8) is 0 Å². The molecule has 1 aromatic heterocycles. The monoisotopic (exact) mass is 340 g/mol. The maximum absolute atomic E-state index is 13.6. The topological polar surface area (TPSA) is 80.0 Å². The molecule has 0 aliphatic carbocycles. The second-order valence-electron chi connectivity index (χ2n) is 5.46. The Kier molecular flexibility index (Phi) is 5.03. The summed E-state index contributed by atoms with van der Waals surface area (Å²) in [5, 5.41) is 9.24. The minimum absolute atomic E-state index is 0.133. The first-order valence-corrected chi connectivity index (χ1v) is 7.76. The number of carbonyl (C=O) groups excluding carboxylic acids is 1. The van der Waals surface area contributed by atoms with E-state index in [1.165, 1.54) is 12.1 Å². The molecule has 3 rings (SSSR count). The van der Waals surface area contributed by atoms with Gasteiger partial charge in [-0.3, -0.25) is 0 Å². The summed E-state index contributed by atoms with van der Waals surface area (Å²) in [7, 11) is 0. The lowest BCUT2D eigenvalue weighted by atomic mass is 9.99. The van der Waals surface area contributed by atoms with Crippen molar-refractivity contribution in [2.24, 2.45) is 0 Å². The van der Waals surface area contributed by atoms with E-state index in [4.69, 9.17) is 4.52 Å². The predicted octanol–water partition coefficient (Wildman–Crippen LogP) is 3.11. The Labute approximate surface area is 144 Å². The van der Waals surface area contributed by atoms with Crippen LogP contribution >= 0.6 is 0 Å². The number of aromatic nitrogens is 2. The number of nitrogens with zero attached hydrogens (tertiary/aromatic N) is 2. The van der Waals surface area contributed by atoms with Gasteiger partial charge in [-0.2, -0.15) is 4.98 Å². The van der Waals surface area contributed by atoms with E-state index in [-0.39, 0.29) is 12.4 Å². The van der Waals surface area contributed by atoms with Crippen LogP contribution in [-0.4, -0.2) is 16.2 Å². The van der Waals surface area contributed by atoms with Crippen LogP contribution in [0.3, 0.4) is 0 Å². The number of urea groups is 1. The highest BCUT2D eigenvalue weighted by Gasteiger charge is 2.17. The highest BCUT2D eigenvalue weighted by molar-refractivity contribution is 5.75. The molecule has 0 unspecified atom stereocenters. The van der Waals surface area contributed by atoms with Gasteiger partial charge in [-0.25, -0.2) is 9.18 Å². The van der Waals surface area contributed by atoms with Crippen LogP contribution in [-0.2, 0) is 6.54 Å². The van der Waals surface area contributed by atoms with Gasteiger partial charge < -0.3 is 15.2 Å². The van der Waals surface area contributed by atoms with Crippen LogP contribution in [0.5, 0.6) is 0 Å². The van der Waals surface area contributed by atoms with Crippen molar-refractivity contribution >= 4 is 6.03 Å². The number of rotatable bonds is 5. The van der Waals surface area contributed by atoms with Crippen molar-refractivity contribution in [3.8, 4) is 0 Å². The number of carbonyl (C=O) groups is 1. The summed E-state index contributed by atoms with van der Waals surface area (Å²) in [6.07, 6.45) is 0. The van der Waals surface area contributed by atoms with Gasteiger partial charge in [0.25, 0.3) is 0 Å². The summed E-state index contributed by atoms with van der Waals surface area (Å²) in [5.41, 5.74) is 1.50. The predicted molar refractivity (Wildman–Crippen MR) is 89.1 cm³/mol. The van der Waals surface area contributed by atoms with Gasteiger partial charge >= 0.3 is 6.03 Å². The van der Waals surface area contributed by atoms with Crippen molar-refractivity contribution in [1.29, 1.82) is 0 Å². The van der Waals surface area contributed by atoms with E-state index >= 15 is 0 Å². The molecule has 0 radical (unpaired) electrons.